The van der Waals surface area contributed by atoms with Gasteiger partial charge in [0.15, 0.2) is 0 Å². The summed E-state index contributed by atoms with van der Waals surface area (Å²) < 4.78 is 5.61. The standard InChI is InChI=1S/C25H25N3O2/c1-30-24-12-5-3-10-20(24)21(22-17-28-23-11-4-2-9-19(22)23)16-25(29)27-15-13-18-8-6-7-14-26-18/h2-12,14,17,21,28H,13,15-16H2,1H3,(H,27,29). The summed E-state index contributed by atoms with van der Waals surface area (Å²) in [6.07, 6.45) is 4.82. The van der Waals surface area contributed by atoms with Gasteiger partial charge in [-0.2, -0.15) is 0 Å². The van der Waals surface area contributed by atoms with Gasteiger partial charge in [-0.05, 0) is 29.8 Å². The number of amides is 1. The molecule has 4 rings (SSSR count). The number of hydrogen-bond acceptors (Lipinski definition) is 3. The van der Waals surface area contributed by atoms with E-state index in [-0.39, 0.29) is 11.8 Å². The van der Waals surface area contributed by atoms with E-state index < -0.39 is 0 Å². The fourth-order valence-electron chi connectivity index (χ4n) is 3.86. The summed E-state index contributed by atoms with van der Waals surface area (Å²) in [4.78, 5) is 20.5. The predicted octanol–water partition coefficient (Wildman–Crippen LogP) is 4.45. The van der Waals surface area contributed by atoms with Crippen LogP contribution in [0.3, 0.4) is 0 Å². The Bertz CT molecular complexity index is 1120. The van der Waals surface area contributed by atoms with E-state index in [0.717, 1.165) is 33.5 Å². The van der Waals surface area contributed by atoms with E-state index in [4.69, 9.17) is 4.74 Å². The number of rotatable bonds is 8. The Morgan fingerprint density at radius 3 is 2.67 bits per heavy atom. The highest BCUT2D eigenvalue weighted by atomic mass is 16.5. The van der Waals surface area contributed by atoms with E-state index in [0.29, 0.717) is 19.4 Å². The molecule has 2 aromatic carbocycles. The van der Waals surface area contributed by atoms with E-state index in [1.807, 2.05) is 66.9 Å². The van der Waals surface area contributed by atoms with Gasteiger partial charge in [0.05, 0.1) is 7.11 Å². The molecule has 4 aromatic rings. The summed E-state index contributed by atoms with van der Waals surface area (Å²) in [5.74, 6) is 0.674. The molecular weight excluding hydrogens is 374 g/mol. The first-order valence-corrected chi connectivity index (χ1v) is 10.1. The van der Waals surface area contributed by atoms with Crippen LogP contribution in [0.2, 0.25) is 0 Å². The topological polar surface area (TPSA) is 67.0 Å². The van der Waals surface area contributed by atoms with E-state index in [1.165, 1.54) is 0 Å². The zero-order valence-electron chi connectivity index (χ0n) is 17.0. The molecule has 2 heterocycles. The first-order valence-electron chi connectivity index (χ1n) is 10.1. The summed E-state index contributed by atoms with van der Waals surface area (Å²) in [6, 6.07) is 21.9. The van der Waals surface area contributed by atoms with Gasteiger partial charge in [-0.1, -0.05) is 42.5 Å². The number of hydrogen-bond donors (Lipinski definition) is 2. The van der Waals surface area contributed by atoms with Gasteiger partial charge in [0.2, 0.25) is 5.91 Å². The maximum Gasteiger partial charge on any atom is 0.220 e. The molecule has 152 valence electrons. The van der Waals surface area contributed by atoms with Crippen molar-refractivity contribution in [3.8, 4) is 5.75 Å². The minimum absolute atomic E-state index is 0.00659. The molecule has 2 aromatic heterocycles. The molecule has 0 saturated carbocycles. The summed E-state index contributed by atoms with van der Waals surface area (Å²) >= 11 is 0. The van der Waals surface area contributed by atoms with Crippen LogP contribution in [0.4, 0.5) is 0 Å². The molecule has 1 unspecified atom stereocenters. The van der Waals surface area contributed by atoms with Crippen LogP contribution in [-0.4, -0.2) is 29.5 Å². The molecule has 2 N–H and O–H groups in total. The summed E-state index contributed by atoms with van der Waals surface area (Å²) in [6.45, 7) is 0.558. The van der Waals surface area contributed by atoms with Crippen LogP contribution >= 0.6 is 0 Å². The van der Waals surface area contributed by atoms with Crippen LogP contribution in [0.1, 0.15) is 29.2 Å². The molecule has 0 aliphatic rings. The Kier molecular flexibility index (Phi) is 6.09. The lowest BCUT2D eigenvalue weighted by Crippen LogP contribution is -2.27. The van der Waals surface area contributed by atoms with Crippen molar-refractivity contribution < 1.29 is 9.53 Å². The second kappa shape index (κ2) is 9.27. The maximum absolute atomic E-state index is 12.9. The smallest absolute Gasteiger partial charge is 0.220 e. The van der Waals surface area contributed by atoms with Crippen molar-refractivity contribution in [1.82, 2.24) is 15.3 Å². The first kappa shape index (κ1) is 19.7. The Hall–Kier alpha value is -3.60. The van der Waals surface area contributed by atoms with Gasteiger partial charge in [0, 0.05) is 59.9 Å². The van der Waals surface area contributed by atoms with Crippen molar-refractivity contribution in [2.75, 3.05) is 13.7 Å². The molecule has 0 aliphatic carbocycles. The summed E-state index contributed by atoms with van der Waals surface area (Å²) in [7, 11) is 1.66. The molecule has 0 aliphatic heterocycles. The molecule has 0 fully saturated rings. The highest BCUT2D eigenvalue weighted by Gasteiger charge is 2.24. The Morgan fingerprint density at radius 2 is 1.83 bits per heavy atom. The maximum atomic E-state index is 12.9. The molecule has 5 heteroatoms. The Morgan fingerprint density at radius 1 is 1.03 bits per heavy atom. The Labute approximate surface area is 176 Å². The first-order chi connectivity index (χ1) is 14.8. The number of nitrogens with zero attached hydrogens (tertiary/aromatic N) is 1. The van der Waals surface area contributed by atoms with Crippen molar-refractivity contribution in [1.29, 1.82) is 0 Å². The number of nitrogens with one attached hydrogen (secondary N) is 2. The van der Waals surface area contributed by atoms with Crippen LogP contribution in [-0.2, 0) is 11.2 Å². The molecule has 30 heavy (non-hydrogen) atoms. The third kappa shape index (κ3) is 4.35. The Balaban J connectivity index is 1.57. The number of methoxy groups -OCH3 is 1. The minimum Gasteiger partial charge on any atom is -0.496 e. The van der Waals surface area contributed by atoms with E-state index in [9.17, 15) is 4.79 Å². The van der Waals surface area contributed by atoms with Gasteiger partial charge in [-0.15, -0.1) is 0 Å². The number of pyridine rings is 1. The third-order valence-corrected chi connectivity index (χ3v) is 5.33. The van der Waals surface area contributed by atoms with Gasteiger partial charge in [0.25, 0.3) is 0 Å². The van der Waals surface area contributed by atoms with Crippen LogP contribution in [0.25, 0.3) is 10.9 Å². The average Bonchev–Trinajstić information content (AvgIpc) is 3.22. The molecule has 5 nitrogen and oxygen atoms in total. The molecule has 0 radical (unpaired) electrons. The molecule has 0 spiro atoms. The number of aromatic nitrogens is 2. The van der Waals surface area contributed by atoms with Gasteiger partial charge in [-0.25, -0.2) is 0 Å². The lowest BCUT2D eigenvalue weighted by Gasteiger charge is -2.19. The quantitative estimate of drug-likeness (QED) is 0.460. The minimum atomic E-state index is -0.118. The molecule has 1 amide bonds. The molecule has 0 saturated heterocycles. The van der Waals surface area contributed by atoms with E-state index in [1.54, 1.807) is 13.3 Å². The SMILES string of the molecule is COc1ccccc1C(CC(=O)NCCc1ccccn1)c1c[nH]c2ccccc12. The lowest BCUT2D eigenvalue weighted by molar-refractivity contribution is -0.121. The highest BCUT2D eigenvalue weighted by Crippen LogP contribution is 2.37. The van der Waals surface area contributed by atoms with Gasteiger partial charge >= 0.3 is 0 Å². The molecular formula is C25H25N3O2. The molecule has 0 bridgehead atoms. The normalized spacial score (nSPS) is 11.9. The van der Waals surface area contributed by atoms with Crippen molar-refractivity contribution in [3.63, 3.8) is 0 Å². The van der Waals surface area contributed by atoms with Crippen molar-refractivity contribution in [2.24, 2.45) is 0 Å². The number of carbonyl (C=O) groups excluding carboxylic acids is 1. The van der Waals surface area contributed by atoms with Crippen LogP contribution in [0, 0.1) is 0 Å². The van der Waals surface area contributed by atoms with Crippen molar-refractivity contribution in [3.05, 3.63) is 95.9 Å². The van der Waals surface area contributed by atoms with Gasteiger partial charge in [-0.3, -0.25) is 9.78 Å². The van der Waals surface area contributed by atoms with Gasteiger partial charge in [0.1, 0.15) is 5.75 Å². The van der Waals surface area contributed by atoms with E-state index in [2.05, 4.69) is 21.4 Å². The fraction of sp³-hybridized carbons (Fsp3) is 0.200. The summed E-state index contributed by atoms with van der Waals surface area (Å²) in [5.41, 5.74) is 4.12. The average molecular weight is 399 g/mol. The van der Waals surface area contributed by atoms with Crippen LogP contribution in [0.15, 0.2) is 79.1 Å². The highest BCUT2D eigenvalue weighted by molar-refractivity contribution is 5.86. The monoisotopic (exact) mass is 399 g/mol. The zero-order valence-corrected chi connectivity index (χ0v) is 17.0. The van der Waals surface area contributed by atoms with Crippen LogP contribution < -0.4 is 10.1 Å². The second-order valence-corrected chi connectivity index (χ2v) is 7.21. The molecule has 1 atom stereocenters. The number of benzene rings is 2. The van der Waals surface area contributed by atoms with Gasteiger partial charge < -0.3 is 15.0 Å². The number of aromatic amines is 1. The summed E-state index contributed by atoms with van der Waals surface area (Å²) in [5, 5.41) is 4.17. The number of para-hydroxylation sites is 2. The van der Waals surface area contributed by atoms with Crippen molar-refractivity contribution in [2.45, 2.75) is 18.8 Å². The zero-order chi connectivity index (χ0) is 20.8. The number of carbonyl (C=O) groups is 1. The third-order valence-electron chi connectivity index (χ3n) is 5.33. The largest absolute Gasteiger partial charge is 0.496 e. The van der Waals surface area contributed by atoms with Crippen molar-refractivity contribution >= 4 is 16.8 Å². The predicted molar refractivity (Wildman–Crippen MR) is 119 cm³/mol. The lowest BCUT2D eigenvalue weighted by atomic mass is 9.87. The number of fused-ring (bicyclic) bond motifs is 1. The number of ether oxygens (including phenoxy) is 1. The second-order valence-electron chi connectivity index (χ2n) is 7.21. The van der Waals surface area contributed by atoms with Crippen LogP contribution in [0.5, 0.6) is 5.75 Å². The van der Waals surface area contributed by atoms with E-state index >= 15 is 0 Å². The number of H-pyrrole nitrogens is 1. The fourth-order valence-corrected chi connectivity index (χ4v) is 3.86.